The Balaban J connectivity index is 1.81. The van der Waals surface area contributed by atoms with Gasteiger partial charge >= 0.3 is 0 Å². The number of rotatable bonds is 5. The molecule has 3 rings (SSSR count). The number of amides is 1. The molecule has 0 spiro atoms. The van der Waals surface area contributed by atoms with Crippen molar-refractivity contribution in [3.63, 3.8) is 0 Å². The van der Waals surface area contributed by atoms with Crippen LogP contribution in [0.4, 0.5) is 0 Å². The van der Waals surface area contributed by atoms with Gasteiger partial charge < -0.3 is 15.2 Å². The van der Waals surface area contributed by atoms with E-state index in [1.54, 1.807) is 0 Å². The zero-order valence-electron chi connectivity index (χ0n) is 12.0. The number of halogens is 1. The van der Waals surface area contributed by atoms with Crippen LogP contribution in [0, 0.1) is 5.92 Å². The highest BCUT2D eigenvalue weighted by atomic mass is 35.5. The van der Waals surface area contributed by atoms with Gasteiger partial charge in [-0.25, -0.2) is 0 Å². The molecule has 1 amide bonds. The molecule has 5 heteroatoms. The van der Waals surface area contributed by atoms with Gasteiger partial charge in [-0.3, -0.25) is 4.79 Å². The molecule has 1 aromatic carbocycles. The van der Waals surface area contributed by atoms with Gasteiger partial charge in [0.05, 0.1) is 24.2 Å². The predicted octanol–water partition coefficient (Wildman–Crippen LogP) is 2.01. The summed E-state index contributed by atoms with van der Waals surface area (Å²) in [5, 5.41) is 13.5. The molecule has 0 radical (unpaired) electrons. The van der Waals surface area contributed by atoms with Crippen LogP contribution in [0.2, 0.25) is 0 Å². The van der Waals surface area contributed by atoms with E-state index in [1.807, 2.05) is 37.3 Å². The molecule has 2 fully saturated rings. The van der Waals surface area contributed by atoms with Crippen LogP contribution >= 0.6 is 11.6 Å². The molecule has 1 unspecified atom stereocenters. The van der Waals surface area contributed by atoms with Crippen LogP contribution in [-0.2, 0) is 9.53 Å². The number of fused-ring (bicyclic) bond motifs is 1. The van der Waals surface area contributed by atoms with Gasteiger partial charge in [-0.1, -0.05) is 30.3 Å². The van der Waals surface area contributed by atoms with Gasteiger partial charge in [0.2, 0.25) is 5.91 Å². The first-order chi connectivity index (χ1) is 10.0. The van der Waals surface area contributed by atoms with Crippen molar-refractivity contribution >= 4 is 17.5 Å². The first-order valence-corrected chi connectivity index (χ1v) is 7.81. The maximum absolute atomic E-state index is 12.2. The van der Waals surface area contributed by atoms with Crippen LogP contribution in [0.1, 0.15) is 31.4 Å². The third-order valence-electron chi connectivity index (χ3n) is 5.04. The fraction of sp³-hybridized carbons (Fsp3) is 0.562. The normalized spacial score (nSPS) is 35.8. The van der Waals surface area contributed by atoms with Gasteiger partial charge in [-0.2, -0.15) is 0 Å². The van der Waals surface area contributed by atoms with E-state index >= 15 is 0 Å². The van der Waals surface area contributed by atoms with Gasteiger partial charge in [-0.15, -0.1) is 11.6 Å². The number of aliphatic hydroxyl groups is 1. The minimum Gasteiger partial charge on any atom is -0.388 e. The second kappa shape index (κ2) is 5.27. The Bertz CT molecular complexity index is 538. The number of carbonyl (C=O) groups is 1. The third kappa shape index (κ3) is 2.17. The van der Waals surface area contributed by atoms with Crippen molar-refractivity contribution in [3.05, 3.63) is 35.9 Å². The summed E-state index contributed by atoms with van der Waals surface area (Å²) in [6.07, 6.45) is 0.426. The summed E-state index contributed by atoms with van der Waals surface area (Å²) in [6, 6.07) is 9.50. The zero-order chi connectivity index (χ0) is 15.1. The Morgan fingerprint density at radius 1 is 1.48 bits per heavy atom. The Morgan fingerprint density at radius 3 is 2.76 bits per heavy atom. The predicted molar refractivity (Wildman–Crippen MR) is 80.1 cm³/mol. The SMILES string of the molecule is C[C@@]12OC[C@]1(CC(O)c1ccccc1)NC(=O)[C@@H]2CCCl. The van der Waals surface area contributed by atoms with E-state index in [2.05, 4.69) is 5.32 Å². The number of carbonyl (C=O) groups excluding carboxylic acids is 1. The van der Waals surface area contributed by atoms with Crippen molar-refractivity contribution in [2.45, 2.75) is 37.0 Å². The molecular weight excluding hydrogens is 290 g/mol. The van der Waals surface area contributed by atoms with Crippen molar-refractivity contribution in [2.75, 3.05) is 12.5 Å². The van der Waals surface area contributed by atoms with E-state index in [9.17, 15) is 9.90 Å². The number of nitrogens with one attached hydrogen (secondary N) is 1. The van der Waals surface area contributed by atoms with Gasteiger partial charge in [0.1, 0.15) is 5.60 Å². The summed E-state index contributed by atoms with van der Waals surface area (Å²) < 4.78 is 5.76. The maximum atomic E-state index is 12.2. The molecule has 2 heterocycles. The molecule has 4 atom stereocenters. The first-order valence-electron chi connectivity index (χ1n) is 7.27. The molecule has 2 N–H and O–H groups in total. The minimum absolute atomic E-state index is 0.0177. The average Bonchev–Trinajstić information content (AvgIpc) is 2.62. The molecule has 0 aliphatic carbocycles. The molecule has 2 aliphatic rings. The number of alkyl halides is 1. The summed E-state index contributed by atoms with van der Waals surface area (Å²) >= 11 is 5.81. The standard InChI is InChI=1S/C16H20ClNO3/c1-15-12(7-8-17)14(20)18-16(15,10-21-15)9-13(19)11-5-3-2-4-6-11/h2-6,12-13,19H,7-10H2,1H3,(H,18,20)/t12-,13?,15-,16-/m0/s1. The fourth-order valence-corrected chi connectivity index (χ4v) is 3.81. The van der Waals surface area contributed by atoms with Crippen molar-refractivity contribution in [1.82, 2.24) is 5.32 Å². The smallest absolute Gasteiger partial charge is 0.226 e. The summed E-state index contributed by atoms with van der Waals surface area (Å²) in [7, 11) is 0. The summed E-state index contributed by atoms with van der Waals surface area (Å²) in [4.78, 5) is 12.2. The monoisotopic (exact) mass is 309 g/mol. The summed E-state index contributed by atoms with van der Waals surface area (Å²) in [5.74, 6) is 0.164. The fourth-order valence-electron chi connectivity index (χ4n) is 3.59. The quantitative estimate of drug-likeness (QED) is 0.818. The van der Waals surface area contributed by atoms with Crippen molar-refractivity contribution < 1.29 is 14.6 Å². The Hall–Kier alpha value is -1.10. The average molecular weight is 310 g/mol. The van der Waals surface area contributed by atoms with Crippen LogP contribution in [0.3, 0.4) is 0 Å². The van der Waals surface area contributed by atoms with E-state index in [-0.39, 0.29) is 11.8 Å². The molecule has 0 bridgehead atoms. The number of ether oxygens (including phenoxy) is 1. The topological polar surface area (TPSA) is 58.6 Å². The van der Waals surface area contributed by atoms with Crippen molar-refractivity contribution in [1.29, 1.82) is 0 Å². The lowest BCUT2D eigenvalue weighted by atomic mass is 9.68. The van der Waals surface area contributed by atoms with Crippen molar-refractivity contribution in [2.24, 2.45) is 5.92 Å². The van der Waals surface area contributed by atoms with Crippen LogP contribution in [-0.4, -0.2) is 34.6 Å². The Kier molecular flexibility index (Phi) is 3.72. The van der Waals surface area contributed by atoms with E-state index < -0.39 is 17.2 Å². The van der Waals surface area contributed by atoms with E-state index in [0.717, 1.165) is 5.56 Å². The first kappa shape index (κ1) is 14.8. The van der Waals surface area contributed by atoms with Crippen LogP contribution in [0.25, 0.3) is 0 Å². The Labute approximate surface area is 129 Å². The lowest BCUT2D eigenvalue weighted by molar-refractivity contribution is -0.227. The second-order valence-electron chi connectivity index (χ2n) is 6.13. The lowest BCUT2D eigenvalue weighted by Crippen LogP contribution is -2.71. The van der Waals surface area contributed by atoms with Crippen molar-refractivity contribution in [3.8, 4) is 0 Å². The summed E-state index contributed by atoms with van der Waals surface area (Å²) in [6.45, 7) is 2.39. The van der Waals surface area contributed by atoms with Gasteiger partial charge in [0.25, 0.3) is 0 Å². The third-order valence-corrected chi connectivity index (χ3v) is 5.25. The van der Waals surface area contributed by atoms with Crippen LogP contribution in [0.15, 0.2) is 30.3 Å². The van der Waals surface area contributed by atoms with E-state index in [0.29, 0.717) is 25.3 Å². The van der Waals surface area contributed by atoms with Gasteiger partial charge in [0, 0.05) is 12.3 Å². The Morgan fingerprint density at radius 2 is 2.19 bits per heavy atom. The number of aliphatic hydroxyl groups excluding tert-OH is 1. The second-order valence-corrected chi connectivity index (χ2v) is 6.51. The number of hydrogen-bond acceptors (Lipinski definition) is 3. The number of hydrogen-bond donors (Lipinski definition) is 2. The lowest BCUT2D eigenvalue weighted by Gasteiger charge is -2.54. The molecule has 1 aromatic rings. The summed E-state index contributed by atoms with van der Waals surface area (Å²) in [5.41, 5.74) is -0.207. The van der Waals surface area contributed by atoms with Gasteiger partial charge in [0.15, 0.2) is 0 Å². The maximum Gasteiger partial charge on any atom is 0.226 e. The van der Waals surface area contributed by atoms with E-state index in [4.69, 9.17) is 16.3 Å². The zero-order valence-corrected chi connectivity index (χ0v) is 12.8. The van der Waals surface area contributed by atoms with E-state index in [1.165, 1.54) is 0 Å². The van der Waals surface area contributed by atoms with Crippen LogP contribution in [0.5, 0.6) is 0 Å². The van der Waals surface area contributed by atoms with Gasteiger partial charge in [-0.05, 0) is 18.9 Å². The highest BCUT2D eigenvalue weighted by molar-refractivity contribution is 6.18. The molecule has 0 aromatic heterocycles. The molecule has 2 aliphatic heterocycles. The largest absolute Gasteiger partial charge is 0.388 e. The number of benzene rings is 1. The van der Waals surface area contributed by atoms with Crippen LogP contribution < -0.4 is 5.32 Å². The molecular formula is C16H20ClNO3. The molecule has 114 valence electrons. The molecule has 21 heavy (non-hydrogen) atoms. The minimum atomic E-state index is -0.621. The molecule has 4 nitrogen and oxygen atoms in total. The molecule has 2 saturated heterocycles. The highest BCUT2D eigenvalue weighted by Crippen LogP contribution is 2.52. The molecule has 0 saturated carbocycles. The highest BCUT2D eigenvalue weighted by Gasteiger charge is 2.69.